The van der Waals surface area contributed by atoms with Crippen LogP contribution in [0.5, 0.6) is 0 Å². The number of nitrogens with one attached hydrogen (secondary N) is 1. The Hall–Kier alpha value is -0.860. The summed E-state index contributed by atoms with van der Waals surface area (Å²) in [6.07, 6.45) is 3.90. The van der Waals surface area contributed by atoms with Gasteiger partial charge in [0.2, 0.25) is 0 Å². The molecule has 1 nitrogen and oxygen atoms in total. The van der Waals surface area contributed by atoms with E-state index in [1.54, 1.807) is 21.6 Å². The molecule has 0 saturated carbocycles. The van der Waals surface area contributed by atoms with E-state index in [0.717, 1.165) is 13.1 Å². The minimum Gasteiger partial charge on any atom is -0.312 e. The SMILES string of the molecule is CC(C)CNCc1sc2cc3c(cc2c1C(C)C)CCC3. The van der Waals surface area contributed by atoms with Gasteiger partial charge in [0.25, 0.3) is 0 Å². The fourth-order valence-corrected chi connectivity index (χ4v) is 4.85. The average molecular weight is 301 g/mol. The van der Waals surface area contributed by atoms with E-state index < -0.39 is 0 Å². The zero-order valence-electron chi connectivity index (χ0n) is 13.8. The van der Waals surface area contributed by atoms with Gasteiger partial charge in [0.15, 0.2) is 0 Å². The number of hydrogen-bond acceptors (Lipinski definition) is 2. The molecule has 0 atom stereocenters. The summed E-state index contributed by atoms with van der Waals surface area (Å²) in [5.74, 6) is 1.32. The summed E-state index contributed by atoms with van der Waals surface area (Å²) in [5, 5.41) is 5.15. The second kappa shape index (κ2) is 6.10. The number of aryl methyl sites for hydroxylation is 2. The van der Waals surface area contributed by atoms with Crippen molar-refractivity contribution in [2.24, 2.45) is 5.92 Å². The smallest absolute Gasteiger partial charge is 0.0352 e. The molecule has 0 amide bonds. The van der Waals surface area contributed by atoms with Crippen LogP contribution in [0.4, 0.5) is 0 Å². The van der Waals surface area contributed by atoms with Crippen molar-refractivity contribution in [2.45, 2.75) is 59.4 Å². The van der Waals surface area contributed by atoms with Gasteiger partial charge >= 0.3 is 0 Å². The standard InChI is InChI=1S/C19H27NS/c1-12(2)10-20-11-18-19(13(3)4)16-8-14-6-5-7-15(14)9-17(16)21-18/h8-9,12-13,20H,5-7,10-11H2,1-4H3. The molecule has 1 aliphatic rings. The molecule has 114 valence electrons. The van der Waals surface area contributed by atoms with Crippen LogP contribution in [0.1, 0.15) is 61.6 Å². The van der Waals surface area contributed by atoms with Gasteiger partial charge in [-0.25, -0.2) is 0 Å². The molecule has 21 heavy (non-hydrogen) atoms. The van der Waals surface area contributed by atoms with Crippen molar-refractivity contribution in [1.82, 2.24) is 5.32 Å². The second-order valence-electron chi connectivity index (χ2n) is 7.09. The largest absolute Gasteiger partial charge is 0.312 e. The van der Waals surface area contributed by atoms with Crippen molar-refractivity contribution in [3.05, 3.63) is 33.7 Å². The monoisotopic (exact) mass is 301 g/mol. The van der Waals surface area contributed by atoms with Gasteiger partial charge in [0.05, 0.1) is 0 Å². The van der Waals surface area contributed by atoms with E-state index in [0.29, 0.717) is 11.8 Å². The highest BCUT2D eigenvalue weighted by molar-refractivity contribution is 7.19. The van der Waals surface area contributed by atoms with Crippen molar-refractivity contribution in [1.29, 1.82) is 0 Å². The van der Waals surface area contributed by atoms with Crippen LogP contribution in [-0.4, -0.2) is 6.54 Å². The molecule has 2 aromatic rings. The van der Waals surface area contributed by atoms with Gasteiger partial charge in [-0.05, 0) is 71.9 Å². The predicted molar refractivity (Wildman–Crippen MR) is 94.5 cm³/mol. The summed E-state index contributed by atoms with van der Waals surface area (Å²) in [4.78, 5) is 1.55. The Balaban J connectivity index is 1.97. The molecular weight excluding hydrogens is 274 g/mol. The molecule has 0 aliphatic heterocycles. The molecule has 1 aliphatic carbocycles. The third-order valence-electron chi connectivity index (χ3n) is 4.43. The van der Waals surface area contributed by atoms with E-state index in [1.165, 1.54) is 29.3 Å². The van der Waals surface area contributed by atoms with E-state index in [9.17, 15) is 0 Å². The summed E-state index contributed by atoms with van der Waals surface area (Å²) >= 11 is 2.01. The lowest BCUT2D eigenvalue weighted by Crippen LogP contribution is -2.19. The van der Waals surface area contributed by atoms with E-state index in [-0.39, 0.29) is 0 Å². The predicted octanol–water partition coefficient (Wildman–Crippen LogP) is 5.26. The quantitative estimate of drug-likeness (QED) is 0.794. The van der Waals surface area contributed by atoms with Gasteiger partial charge in [-0.2, -0.15) is 0 Å². The van der Waals surface area contributed by atoms with Gasteiger partial charge in [-0.15, -0.1) is 11.3 Å². The maximum absolute atomic E-state index is 3.62. The fourth-order valence-electron chi connectivity index (χ4n) is 3.47. The molecule has 0 spiro atoms. The highest BCUT2D eigenvalue weighted by Gasteiger charge is 2.19. The van der Waals surface area contributed by atoms with Gasteiger partial charge in [-0.3, -0.25) is 0 Å². The Morgan fingerprint density at radius 3 is 2.48 bits per heavy atom. The number of hydrogen-bond donors (Lipinski definition) is 1. The molecule has 0 unspecified atom stereocenters. The zero-order chi connectivity index (χ0) is 15.0. The fraction of sp³-hybridized carbons (Fsp3) is 0.579. The molecule has 2 heteroatoms. The molecule has 0 fully saturated rings. The third kappa shape index (κ3) is 3.02. The van der Waals surface area contributed by atoms with Crippen molar-refractivity contribution in [3.63, 3.8) is 0 Å². The Bertz CT molecular complexity index is 637. The van der Waals surface area contributed by atoms with Gasteiger partial charge < -0.3 is 5.32 Å². The van der Waals surface area contributed by atoms with Crippen molar-refractivity contribution >= 4 is 21.4 Å². The summed E-state index contributed by atoms with van der Waals surface area (Å²) in [6.45, 7) is 11.3. The molecule has 0 bridgehead atoms. The summed E-state index contributed by atoms with van der Waals surface area (Å²) in [7, 11) is 0. The van der Waals surface area contributed by atoms with Gasteiger partial charge in [0, 0.05) is 16.1 Å². The van der Waals surface area contributed by atoms with Crippen LogP contribution < -0.4 is 5.32 Å². The maximum atomic E-state index is 3.62. The molecule has 1 aromatic heterocycles. The topological polar surface area (TPSA) is 12.0 Å². The first kappa shape index (κ1) is 15.1. The van der Waals surface area contributed by atoms with Gasteiger partial charge in [-0.1, -0.05) is 27.7 Å². The number of benzene rings is 1. The van der Waals surface area contributed by atoms with Crippen LogP contribution in [0.2, 0.25) is 0 Å². The molecular formula is C19H27NS. The Morgan fingerprint density at radius 2 is 1.81 bits per heavy atom. The van der Waals surface area contributed by atoms with Crippen LogP contribution in [0, 0.1) is 5.92 Å². The van der Waals surface area contributed by atoms with Crippen LogP contribution in [0.3, 0.4) is 0 Å². The first-order valence-corrected chi connectivity index (χ1v) is 9.15. The second-order valence-corrected chi connectivity index (χ2v) is 8.23. The van der Waals surface area contributed by atoms with E-state index in [2.05, 4.69) is 45.1 Å². The average Bonchev–Trinajstić information content (AvgIpc) is 2.97. The Kier molecular flexibility index (Phi) is 4.37. The lowest BCUT2D eigenvalue weighted by molar-refractivity contribution is 0.553. The van der Waals surface area contributed by atoms with E-state index in [4.69, 9.17) is 0 Å². The van der Waals surface area contributed by atoms with E-state index >= 15 is 0 Å². The Morgan fingerprint density at radius 1 is 1.10 bits per heavy atom. The van der Waals surface area contributed by atoms with Crippen molar-refractivity contribution < 1.29 is 0 Å². The highest BCUT2D eigenvalue weighted by atomic mass is 32.1. The lowest BCUT2D eigenvalue weighted by Gasteiger charge is -2.11. The van der Waals surface area contributed by atoms with Crippen LogP contribution in [-0.2, 0) is 19.4 Å². The van der Waals surface area contributed by atoms with Crippen LogP contribution in [0.25, 0.3) is 10.1 Å². The number of rotatable bonds is 5. The van der Waals surface area contributed by atoms with Crippen molar-refractivity contribution in [2.75, 3.05) is 6.54 Å². The first-order valence-electron chi connectivity index (χ1n) is 8.34. The maximum Gasteiger partial charge on any atom is 0.0352 e. The molecule has 1 N–H and O–H groups in total. The minimum atomic E-state index is 0.606. The van der Waals surface area contributed by atoms with E-state index in [1.807, 2.05) is 11.3 Å². The van der Waals surface area contributed by atoms with Crippen molar-refractivity contribution in [3.8, 4) is 0 Å². The van der Waals surface area contributed by atoms with Gasteiger partial charge in [0.1, 0.15) is 0 Å². The summed E-state index contributed by atoms with van der Waals surface area (Å²) in [5.41, 5.74) is 4.78. The van der Waals surface area contributed by atoms with Crippen LogP contribution >= 0.6 is 11.3 Å². The lowest BCUT2D eigenvalue weighted by atomic mass is 9.97. The van der Waals surface area contributed by atoms with Crippen LogP contribution in [0.15, 0.2) is 12.1 Å². The molecule has 3 rings (SSSR count). The first-order chi connectivity index (χ1) is 10.1. The number of fused-ring (bicyclic) bond motifs is 2. The summed E-state index contributed by atoms with van der Waals surface area (Å²) in [6, 6.07) is 4.97. The Labute approximate surface area is 132 Å². The molecule has 1 heterocycles. The zero-order valence-corrected chi connectivity index (χ0v) is 14.6. The summed E-state index contributed by atoms with van der Waals surface area (Å²) < 4.78 is 1.50. The molecule has 0 radical (unpaired) electrons. The number of thiophene rings is 1. The highest BCUT2D eigenvalue weighted by Crippen LogP contribution is 2.39. The molecule has 0 saturated heterocycles. The third-order valence-corrected chi connectivity index (χ3v) is 5.60. The normalized spacial score (nSPS) is 14.6. The molecule has 1 aromatic carbocycles. The minimum absolute atomic E-state index is 0.606.